The SMILES string of the molecule is CC(C)Cn1c(CCN)ccnc1=O. The molecule has 0 atom stereocenters. The molecule has 0 aliphatic heterocycles. The van der Waals surface area contributed by atoms with Crippen molar-refractivity contribution in [1.82, 2.24) is 9.55 Å². The average molecular weight is 195 g/mol. The minimum atomic E-state index is -0.176. The van der Waals surface area contributed by atoms with Crippen LogP contribution in [-0.4, -0.2) is 16.1 Å². The number of aromatic nitrogens is 2. The molecule has 78 valence electrons. The van der Waals surface area contributed by atoms with E-state index in [4.69, 9.17) is 5.73 Å². The Morgan fingerprint density at radius 3 is 2.86 bits per heavy atom. The van der Waals surface area contributed by atoms with Crippen LogP contribution < -0.4 is 11.4 Å². The predicted molar refractivity (Wildman–Crippen MR) is 56.1 cm³/mol. The molecule has 0 aliphatic rings. The van der Waals surface area contributed by atoms with E-state index < -0.39 is 0 Å². The van der Waals surface area contributed by atoms with Crippen LogP contribution >= 0.6 is 0 Å². The first-order valence-corrected chi connectivity index (χ1v) is 4.90. The van der Waals surface area contributed by atoms with Crippen LogP contribution in [-0.2, 0) is 13.0 Å². The second-order valence-corrected chi connectivity index (χ2v) is 3.76. The van der Waals surface area contributed by atoms with Gasteiger partial charge in [0.1, 0.15) is 0 Å². The van der Waals surface area contributed by atoms with Gasteiger partial charge in [-0.2, -0.15) is 0 Å². The molecule has 4 nitrogen and oxygen atoms in total. The fourth-order valence-corrected chi connectivity index (χ4v) is 1.40. The highest BCUT2D eigenvalue weighted by atomic mass is 16.1. The summed E-state index contributed by atoms with van der Waals surface area (Å²) in [5, 5.41) is 0. The Balaban J connectivity index is 3.02. The number of nitrogens with two attached hydrogens (primary N) is 1. The summed E-state index contributed by atoms with van der Waals surface area (Å²) in [7, 11) is 0. The number of hydrogen-bond donors (Lipinski definition) is 1. The average Bonchev–Trinajstić information content (AvgIpc) is 2.11. The third kappa shape index (κ3) is 2.67. The topological polar surface area (TPSA) is 60.9 Å². The molecule has 0 spiro atoms. The van der Waals surface area contributed by atoms with Crippen molar-refractivity contribution in [3.05, 3.63) is 28.4 Å². The summed E-state index contributed by atoms with van der Waals surface area (Å²) in [4.78, 5) is 15.2. The maximum Gasteiger partial charge on any atom is 0.347 e. The Labute approximate surface area is 83.8 Å². The van der Waals surface area contributed by atoms with Crippen LogP contribution in [0, 0.1) is 5.92 Å². The smallest absolute Gasteiger partial charge is 0.330 e. The van der Waals surface area contributed by atoms with E-state index in [2.05, 4.69) is 18.8 Å². The Kier molecular flexibility index (Phi) is 3.83. The van der Waals surface area contributed by atoms with Crippen molar-refractivity contribution in [2.45, 2.75) is 26.8 Å². The molecule has 2 N–H and O–H groups in total. The van der Waals surface area contributed by atoms with Crippen LogP contribution in [0.5, 0.6) is 0 Å². The maximum atomic E-state index is 11.5. The zero-order chi connectivity index (χ0) is 10.6. The summed E-state index contributed by atoms with van der Waals surface area (Å²) in [6.07, 6.45) is 2.27. The normalized spacial score (nSPS) is 10.9. The highest BCUT2D eigenvalue weighted by Gasteiger charge is 2.05. The lowest BCUT2D eigenvalue weighted by molar-refractivity contribution is 0.487. The Bertz CT molecular complexity index is 343. The number of hydrogen-bond acceptors (Lipinski definition) is 3. The molecule has 0 aromatic carbocycles. The van der Waals surface area contributed by atoms with Crippen LogP contribution in [0.25, 0.3) is 0 Å². The molecule has 1 rings (SSSR count). The van der Waals surface area contributed by atoms with Crippen LogP contribution in [0.3, 0.4) is 0 Å². The highest BCUT2D eigenvalue weighted by Crippen LogP contribution is 2.01. The minimum absolute atomic E-state index is 0.176. The van der Waals surface area contributed by atoms with Crippen molar-refractivity contribution in [2.75, 3.05) is 6.54 Å². The zero-order valence-electron chi connectivity index (χ0n) is 8.73. The summed E-state index contributed by atoms with van der Waals surface area (Å²) in [6.45, 7) is 5.42. The van der Waals surface area contributed by atoms with E-state index in [0.717, 1.165) is 12.1 Å². The molecule has 0 saturated carbocycles. The molecule has 0 unspecified atom stereocenters. The molecule has 0 radical (unpaired) electrons. The predicted octanol–water partition coefficient (Wildman–Crippen LogP) is 0.401. The maximum absolute atomic E-state index is 11.5. The quantitative estimate of drug-likeness (QED) is 0.756. The van der Waals surface area contributed by atoms with E-state index in [1.54, 1.807) is 10.8 Å². The second-order valence-electron chi connectivity index (χ2n) is 3.76. The van der Waals surface area contributed by atoms with Gasteiger partial charge in [0.05, 0.1) is 0 Å². The summed E-state index contributed by atoms with van der Waals surface area (Å²) >= 11 is 0. The molecule has 0 aliphatic carbocycles. The van der Waals surface area contributed by atoms with Gasteiger partial charge in [0.15, 0.2) is 0 Å². The molecule has 4 heteroatoms. The van der Waals surface area contributed by atoms with Crippen molar-refractivity contribution in [3.63, 3.8) is 0 Å². The van der Waals surface area contributed by atoms with Crippen LogP contribution in [0.2, 0.25) is 0 Å². The highest BCUT2D eigenvalue weighted by molar-refractivity contribution is 5.01. The molecule has 0 amide bonds. The van der Waals surface area contributed by atoms with Gasteiger partial charge in [-0.1, -0.05) is 13.8 Å². The standard InChI is InChI=1S/C10H17N3O/c1-8(2)7-13-9(3-5-11)4-6-12-10(13)14/h4,6,8H,3,5,7,11H2,1-2H3. The van der Waals surface area contributed by atoms with E-state index in [-0.39, 0.29) is 5.69 Å². The third-order valence-electron chi connectivity index (χ3n) is 1.98. The fourth-order valence-electron chi connectivity index (χ4n) is 1.40. The molecule has 1 aromatic heterocycles. The van der Waals surface area contributed by atoms with Gasteiger partial charge in [-0.15, -0.1) is 0 Å². The first kappa shape index (κ1) is 10.9. The molecule has 1 aromatic rings. The van der Waals surface area contributed by atoms with Gasteiger partial charge in [-0.3, -0.25) is 4.57 Å². The van der Waals surface area contributed by atoms with Gasteiger partial charge in [-0.05, 0) is 18.5 Å². The van der Waals surface area contributed by atoms with Gasteiger partial charge in [-0.25, -0.2) is 9.78 Å². The van der Waals surface area contributed by atoms with Gasteiger partial charge in [0.25, 0.3) is 0 Å². The second kappa shape index (κ2) is 4.91. The van der Waals surface area contributed by atoms with E-state index in [0.29, 0.717) is 19.0 Å². The van der Waals surface area contributed by atoms with Crippen molar-refractivity contribution in [1.29, 1.82) is 0 Å². The van der Waals surface area contributed by atoms with Crippen molar-refractivity contribution in [3.8, 4) is 0 Å². The Morgan fingerprint density at radius 1 is 1.57 bits per heavy atom. The van der Waals surface area contributed by atoms with E-state index in [1.807, 2.05) is 6.07 Å². The summed E-state index contributed by atoms with van der Waals surface area (Å²) in [5.41, 5.74) is 6.27. The minimum Gasteiger partial charge on any atom is -0.330 e. The summed E-state index contributed by atoms with van der Waals surface area (Å²) in [6, 6.07) is 1.86. The molecule has 14 heavy (non-hydrogen) atoms. The molecule has 0 fully saturated rings. The Hall–Kier alpha value is -1.16. The first-order valence-electron chi connectivity index (χ1n) is 4.90. The molecule has 1 heterocycles. The lowest BCUT2D eigenvalue weighted by Gasteiger charge is -2.12. The Morgan fingerprint density at radius 2 is 2.29 bits per heavy atom. The lowest BCUT2D eigenvalue weighted by atomic mass is 10.2. The van der Waals surface area contributed by atoms with Gasteiger partial charge in [0, 0.05) is 24.9 Å². The lowest BCUT2D eigenvalue weighted by Crippen LogP contribution is -2.28. The first-order chi connectivity index (χ1) is 6.65. The third-order valence-corrected chi connectivity index (χ3v) is 1.98. The monoisotopic (exact) mass is 195 g/mol. The zero-order valence-corrected chi connectivity index (χ0v) is 8.73. The molecular formula is C10H17N3O. The largest absolute Gasteiger partial charge is 0.347 e. The number of nitrogens with zero attached hydrogens (tertiary/aromatic N) is 2. The van der Waals surface area contributed by atoms with Crippen molar-refractivity contribution in [2.24, 2.45) is 11.7 Å². The van der Waals surface area contributed by atoms with E-state index in [1.165, 1.54) is 0 Å². The summed E-state index contributed by atoms with van der Waals surface area (Å²) < 4.78 is 1.71. The van der Waals surface area contributed by atoms with Gasteiger partial charge in [0.2, 0.25) is 0 Å². The van der Waals surface area contributed by atoms with Crippen molar-refractivity contribution < 1.29 is 0 Å². The molecule has 0 saturated heterocycles. The fraction of sp³-hybridized carbons (Fsp3) is 0.600. The van der Waals surface area contributed by atoms with E-state index >= 15 is 0 Å². The number of rotatable bonds is 4. The van der Waals surface area contributed by atoms with Crippen LogP contribution in [0.15, 0.2) is 17.1 Å². The van der Waals surface area contributed by atoms with Gasteiger partial charge < -0.3 is 5.73 Å². The molecule has 0 bridgehead atoms. The van der Waals surface area contributed by atoms with Gasteiger partial charge >= 0.3 is 5.69 Å². The van der Waals surface area contributed by atoms with Crippen LogP contribution in [0.4, 0.5) is 0 Å². The van der Waals surface area contributed by atoms with Crippen LogP contribution in [0.1, 0.15) is 19.5 Å². The molecular weight excluding hydrogens is 178 g/mol. The summed E-state index contributed by atoms with van der Waals surface area (Å²) in [5.74, 6) is 0.438. The van der Waals surface area contributed by atoms with E-state index in [9.17, 15) is 4.79 Å². The van der Waals surface area contributed by atoms with Crippen molar-refractivity contribution >= 4 is 0 Å².